The predicted octanol–water partition coefficient (Wildman–Crippen LogP) is 9.00. The van der Waals surface area contributed by atoms with Crippen molar-refractivity contribution in [1.82, 2.24) is 44.9 Å². The highest BCUT2D eigenvalue weighted by atomic mass is 32.1. The summed E-state index contributed by atoms with van der Waals surface area (Å²) in [5.74, 6) is 0.109. The average molecular weight is 994 g/mol. The summed E-state index contributed by atoms with van der Waals surface area (Å²) in [6.07, 6.45) is 5.10. The third-order valence-electron chi connectivity index (χ3n) is 14.3. The molecule has 4 amide bonds. The Morgan fingerprint density at radius 2 is 1.44 bits per heavy atom. The van der Waals surface area contributed by atoms with Gasteiger partial charge in [-0.25, -0.2) is 23.9 Å². The van der Waals surface area contributed by atoms with Crippen molar-refractivity contribution < 1.29 is 46.9 Å². The molecule has 0 aliphatic carbocycles. The monoisotopic (exact) mass is 993 g/mol. The third kappa shape index (κ3) is 9.11. The van der Waals surface area contributed by atoms with Gasteiger partial charge in [-0.2, -0.15) is 4.39 Å². The predicted molar refractivity (Wildman–Crippen MR) is 259 cm³/mol. The summed E-state index contributed by atoms with van der Waals surface area (Å²) in [7, 11) is 2.54. The number of nitrogens with one attached hydrogen (secondary N) is 4. The number of carbonyl (C=O) groups is 4. The SMILES string of the molecule is COC(=O)NC(C(=O)N1CCC[C@H]1c1ncc(-c2ccc3c(c2)cc2n3C(c3ccc(F)s3)Oc3cc(-c4cnc([C@@H]5CCCN5C(=O)[C@@H](NC(=O)OC)C(C)C)[nH]4)cc(F)c3-2)[nH]1)C1C[C@@H](C)O[C@@H](C)C1. The highest BCUT2D eigenvalue weighted by Gasteiger charge is 2.43. The average Bonchev–Trinajstić information content (AvgIpc) is 4.22. The number of aromatic nitrogens is 5. The number of nitrogens with zero attached hydrogens (tertiary/aromatic N) is 5. The first-order valence-electron chi connectivity index (χ1n) is 24.2. The fourth-order valence-corrected chi connectivity index (χ4v) is 11.8. The lowest BCUT2D eigenvalue weighted by Gasteiger charge is -2.38. The molecule has 8 heterocycles. The summed E-state index contributed by atoms with van der Waals surface area (Å²) in [6, 6.07) is 11.6. The fraction of sp³-hybridized carbons (Fsp3) is 0.451. The molecule has 17 nitrogen and oxygen atoms in total. The summed E-state index contributed by atoms with van der Waals surface area (Å²) in [5, 5.41) is 5.89. The number of H-pyrrole nitrogens is 2. The number of imidazole rings is 2. The van der Waals surface area contributed by atoms with Gasteiger partial charge in [0.05, 0.1) is 83.9 Å². The van der Waals surface area contributed by atoms with Crippen LogP contribution in [0.2, 0.25) is 0 Å². The van der Waals surface area contributed by atoms with Crippen molar-refractivity contribution in [3.63, 3.8) is 0 Å². The van der Waals surface area contributed by atoms with Crippen LogP contribution >= 0.6 is 11.3 Å². The minimum atomic E-state index is -0.831. The maximum absolute atomic E-state index is 16.8. The molecule has 20 heteroatoms. The van der Waals surface area contributed by atoms with Gasteiger partial charge in [-0.1, -0.05) is 19.9 Å². The van der Waals surface area contributed by atoms with E-state index in [1.165, 1.54) is 26.4 Å². The van der Waals surface area contributed by atoms with Crippen LogP contribution in [0.15, 0.2) is 60.9 Å². The molecule has 2 aromatic carbocycles. The van der Waals surface area contributed by atoms with Crippen LogP contribution in [0.4, 0.5) is 18.4 Å². The number of benzene rings is 2. The van der Waals surface area contributed by atoms with Crippen LogP contribution in [0.1, 0.15) is 101 Å². The number of ether oxygens (including phenoxy) is 4. The number of alkyl carbamates (subject to hydrolysis) is 2. The first-order valence-corrected chi connectivity index (χ1v) is 25.0. The van der Waals surface area contributed by atoms with Crippen LogP contribution in [0.3, 0.4) is 0 Å². The zero-order chi connectivity index (χ0) is 49.8. The second-order valence-electron chi connectivity index (χ2n) is 19.3. The van der Waals surface area contributed by atoms with Crippen molar-refractivity contribution in [1.29, 1.82) is 0 Å². The molecule has 374 valence electrons. The highest BCUT2D eigenvalue weighted by molar-refractivity contribution is 7.10. The normalized spacial score (nSPS) is 22.7. The molecule has 0 spiro atoms. The molecule has 0 saturated carbocycles. The number of methoxy groups -OCH3 is 2. The number of carbonyl (C=O) groups excluding carboxylic acids is 4. The zero-order valence-electron chi connectivity index (χ0n) is 40.3. The molecule has 3 saturated heterocycles. The van der Waals surface area contributed by atoms with Crippen molar-refractivity contribution in [2.24, 2.45) is 11.8 Å². The molecule has 4 N–H and O–H groups in total. The Balaban J connectivity index is 0.939. The van der Waals surface area contributed by atoms with Gasteiger partial charge in [0, 0.05) is 29.6 Å². The number of rotatable bonds is 11. The number of fused-ring (bicyclic) bond motifs is 5. The van der Waals surface area contributed by atoms with Crippen LogP contribution < -0.4 is 15.4 Å². The topological polar surface area (TPSA) is 198 Å². The molecule has 4 aliphatic rings. The summed E-state index contributed by atoms with van der Waals surface area (Å²) in [4.78, 5) is 73.2. The fourth-order valence-electron chi connectivity index (χ4n) is 11.0. The van der Waals surface area contributed by atoms with Gasteiger partial charge < -0.3 is 49.3 Å². The van der Waals surface area contributed by atoms with Gasteiger partial charge in [-0.3, -0.25) is 14.2 Å². The van der Waals surface area contributed by atoms with E-state index in [1.807, 2.05) is 56.5 Å². The highest BCUT2D eigenvalue weighted by Crippen LogP contribution is 2.48. The van der Waals surface area contributed by atoms with E-state index in [0.29, 0.717) is 77.9 Å². The van der Waals surface area contributed by atoms with E-state index < -0.39 is 42.4 Å². The minimum Gasteiger partial charge on any atom is -0.464 e. The largest absolute Gasteiger partial charge is 0.464 e. The molecule has 10 rings (SSSR count). The minimum absolute atomic E-state index is 0.0652. The van der Waals surface area contributed by atoms with E-state index in [4.69, 9.17) is 23.9 Å². The molecule has 8 atom stereocenters. The van der Waals surface area contributed by atoms with Crippen molar-refractivity contribution in [2.75, 3.05) is 27.3 Å². The molecule has 71 heavy (non-hydrogen) atoms. The zero-order valence-corrected chi connectivity index (χ0v) is 41.1. The van der Waals surface area contributed by atoms with Crippen molar-refractivity contribution in [3.05, 3.63) is 88.4 Å². The molecule has 4 aliphatic heterocycles. The maximum Gasteiger partial charge on any atom is 0.407 e. The number of hydrogen-bond donors (Lipinski definition) is 4. The molecular formula is C51H57F2N9O8S. The summed E-state index contributed by atoms with van der Waals surface area (Å²) in [5.41, 5.74) is 4.01. The van der Waals surface area contributed by atoms with Crippen LogP contribution in [-0.4, -0.2) is 110 Å². The maximum atomic E-state index is 16.8. The van der Waals surface area contributed by atoms with Gasteiger partial charge in [-0.15, -0.1) is 11.3 Å². The van der Waals surface area contributed by atoms with Crippen LogP contribution in [0.5, 0.6) is 5.75 Å². The first-order chi connectivity index (χ1) is 34.2. The molecule has 3 unspecified atom stereocenters. The summed E-state index contributed by atoms with van der Waals surface area (Å²) < 4.78 is 55.8. The van der Waals surface area contributed by atoms with E-state index in [0.717, 1.165) is 40.6 Å². The number of halogens is 2. The van der Waals surface area contributed by atoms with Gasteiger partial charge in [0.2, 0.25) is 18.0 Å². The van der Waals surface area contributed by atoms with Gasteiger partial charge in [0.1, 0.15) is 35.3 Å². The van der Waals surface area contributed by atoms with Crippen molar-refractivity contribution in [3.8, 4) is 39.5 Å². The van der Waals surface area contributed by atoms with E-state index in [9.17, 15) is 23.6 Å². The number of amides is 4. The molecule has 6 aromatic rings. The Kier molecular flexibility index (Phi) is 13.1. The molecular weight excluding hydrogens is 937 g/mol. The van der Waals surface area contributed by atoms with E-state index in [1.54, 1.807) is 34.3 Å². The smallest absolute Gasteiger partial charge is 0.407 e. The second-order valence-corrected chi connectivity index (χ2v) is 20.4. The lowest BCUT2D eigenvalue weighted by atomic mass is 9.85. The Bertz CT molecular complexity index is 2990. The molecule has 3 fully saturated rings. The van der Waals surface area contributed by atoms with Crippen LogP contribution in [0.25, 0.3) is 44.7 Å². The summed E-state index contributed by atoms with van der Waals surface area (Å²) >= 11 is 0.949. The van der Waals surface area contributed by atoms with Crippen LogP contribution in [0, 0.1) is 22.8 Å². The van der Waals surface area contributed by atoms with Crippen LogP contribution in [-0.2, 0) is 23.8 Å². The second kappa shape index (κ2) is 19.4. The van der Waals surface area contributed by atoms with Gasteiger partial charge >= 0.3 is 12.2 Å². The number of likely N-dealkylation sites (tertiary alicyclic amines) is 2. The molecule has 4 aromatic heterocycles. The Morgan fingerprint density at radius 1 is 0.803 bits per heavy atom. The van der Waals surface area contributed by atoms with E-state index >= 15 is 4.39 Å². The van der Waals surface area contributed by atoms with E-state index in [-0.39, 0.29) is 58.3 Å². The lowest BCUT2D eigenvalue weighted by molar-refractivity contribution is -0.138. The number of thiophene rings is 1. The van der Waals surface area contributed by atoms with E-state index in [2.05, 4.69) is 25.6 Å². The van der Waals surface area contributed by atoms with Gasteiger partial charge in [0.15, 0.2) is 5.13 Å². The number of hydrogen-bond acceptors (Lipinski definition) is 11. The Hall–Kier alpha value is -6.80. The number of aromatic amines is 2. The Labute approximate surface area is 412 Å². The lowest BCUT2D eigenvalue weighted by Crippen LogP contribution is -2.54. The first kappa shape index (κ1) is 47.9. The quantitative estimate of drug-likeness (QED) is 0.0972. The van der Waals surface area contributed by atoms with Crippen molar-refractivity contribution >= 4 is 46.2 Å². The van der Waals surface area contributed by atoms with Gasteiger partial charge in [-0.05, 0) is 107 Å². The molecule has 0 bridgehead atoms. The molecule has 0 radical (unpaired) electrons. The standard InChI is InChI=1S/C51H57F2N9O8S/c1-25(2)43(58-50(65)67-5)47(63)60-15-7-9-36(60)46-55-24-34(57-46)29-20-32(52)42-38-21-30-19-28(11-12-35(30)62(38)49(70-39(42)22-29)40-13-14-41(53)71-40)33-23-54-45(56-33)37-10-8-16-61(37)48(64)44(59-51(66)68-6)31-17-26(3)69-27(4)18-31/h11-14,19-27,31,36-37,43-44,49H,7-10,15-18H2,1-6H3,(H,54,56)(H,55,57)(H,58,65)(H,59,66)/t26-,27+,31?,36-,37-,43-,44?,49?/m0/s1. The van der Waals surface area contributed by atoms with Crippen molar-refractivity contribution in [2.45, 2.75) is 109 Å². The summed E-state index contributed by atoms with van der Waals surface area (Å²) in [6.45, 7) is 8.65. The third-order valence-corrected chi connectivity index (χ3v) is 15.2. The Morgan fingerprint density at radius 3 is 2.06 bits per heavy atom. The van der Waals surface area contributed by atoms with Gasteiger partial charge in [0.25, 0.3) is 0 Å².